The highest BCUT2D eigenvalue weighted by Gasteiger charge is 2.18. The van der Waals surface area contributed by atoms with E-state index in [4.69, 9.17) is 9.47 Å². The smallest absolute Gasteiger partial charge is 0.352 e. The van der Waals surface area contributed by atoms with Crippen LogP contribution < -0.4 is 4.74 Å². The lowest BCUT2D eigenvalue weighted by atomic mass is 10.1. The molecule has 98 valence electrons. The zero-order valence-corrected chi connectivity index (χ0v) is 11.1. The minimum absolute atomic E-state index is 0.165. The lowest BCUT2D eigenvalue weighted by molar-refractivity contribution is 0.0556. The summed E-state index contributed by atoms with van der Waals surface area (Å²) >= 11 is 1.01. The molecule has 0 spiro atoms. The van der Waals surface area contributed by atoms with E-state index >= 15 is 0 Å². The summed E-state index contributed by atoms with van der Waals surface area (Å²) in [4.78, 5) is 12.2. The van der Waals surface area contributed by atoms with Crippen LogP contribution in [0.3, 0.4) is 0 Å². The van der Waals surface area contributed by atoms with Crippen LogP contribution in [-0.2, 0) is 4.74 Å². The molecule has 6 heteroatoms. The average Bonchev–Trinajstić information content (AvgIpc) is 2.94. The van der Waals surface area contributed by atoms with E-state index in [1.807, 2.05) is 12.1 Å². The lowest BCUT2D eigenvalue weighted by Gasteiger charge is -2.03. The lowest BCUT2D eigenvalue weighted by Crippen LogP contribution is -2.04. The Balaban J connectivity index is 2.27. The fraction of sp³-hybridized carbons (Fsp3) is 0.154. The van der Waals surface area contributed by atoms with Gasteiger partial charge in [-0.15, -0.1) is 5.10 Å². The van der Waals surface area contributed by atoms with Crippen LogP contribution in [0.1, 0.15) is 9.67 Å². The van der Waals surface area contributed by atoms with Gasteiger partial charge in [0.15, 0.2) is 4.88 Å². The third-order valence-corrected chi connectivity index (χ3v) is 3.08. The van der Waals surface area contributed by atoms with Crippen molar-refractivity contribution >= 4 is 17.5 Å². The molecule has 2 rings (SSSR count). The number of rotatable bonds is 5. The highest BCUT2D eigenvalue weighted by molar-refractivity contribution is 7.08. The number of nitrogens with zero attached hydrogens (tertiary/aromatic N) is 2. The zero-order chi connectivity index (χ0) is 13.7. The molecule has 0 aliphatic rings. The van der Waals surface area contributed by atoms with Crippen molar-refractivity contribution in [2.24, 2.45) is 0 Å². The summed E-state index contributed by atoms with van der Waals surface area (Å²) in [6.07, 6.45) is 1.51. The van der Waals surface area contributed by atoms with Gasteiger partial charge in [0.2, 0.25) is 0 Å². The average molecular weight is 276 g/mol. The quantitative estimate of drug-likeness (QED) is 0.620. The summed E-state index contributed by atoms with van der Waals surface area (Å²) < 4.78 is 13.9. The molecular formula is C13H12N2O3S. The van der Waals surface area contributed by atoms with Crippen molar-refractivity contribution in [1.29, 1.82) is 0 Å². The van der Waals surface area contributed by atoms with E-state index in [0.717, 1.165) is 22.8 Å². The van der Waals surface area contributed by atoms with Gasteiger partial charge in [-0.1, -0.05) is 17.1 Å². The second-order valence-corrected chi connectivity index (χ2v) is 4.32. The minimum atomic E-state index is -0.444. The zero-order valence-electron chi connectivity index (χ0n) is 10.3. The molecular weight excluding hydrogens is 264 g/mol. The van der Waals surface area contributed by atoms with E-state index in [1.54, 1.807) is 19.2 Å². The number of ether oxygens (including phenoxy) is 2. The Labute approximate surface area is 114 Å². The van der Waals surface area contributed by atoms with Gasteiger partial charge in [-0.05, 0) is 35.8 Å². The van der Waals surface area contributed by atoms with Crippen molar-refractivity contribution in [1.82, 2.24) is 9.59 Å². The summed E-state index contributed by atoms with van der Waals surface area (Å²) in [6, 6.07) is 7.24. The van der Waals surface area contributed by atoms with Crippen LogP contribution in [0.15, 0.2) is 36.9 Å². The standard InChI is InChI=1S/C13H12N2O3S/c1-3-8-18-13(16)12-11(14-15-19-12)9-4-6-10(17-2)7-5-9/h3-7H,1,8H2,2H3. The van der Waals surface area contributed by atoms with Gasteiger partial charge in [0.05, 0.1) is 7.11 Å². The molecule has 0 fully saturated rings. The molecule has 0 aliphatic carbocycles. The third kappa shape index (κ3) is 2.97. The maximum atomic E-state index is 11.8. The van der Waals surface area contributed by atoms with E-state index in [9.17, 15) is 4.79 Å². The Morgan fingerprint density at radius 1 is 1.42 bits per heavy atom. The third-order valence-electron chi connectivity index (χ3n) is 2.37. The SMILES string of the molecule is C=CCOC(=O)c1snnc1-c1ccc(OC)cc1. The van der Waals surface area contributed by atoms with Crippen LogP contribution in [0.5, 0.6) is 5.75 Å². The second-order valence-electron chi connectivity index (χ2n) is 3.57. The predicted octanol–water partition coefficient (Wildman–Crippen LogP) is 2.56. The number of hydrogen-bond acceptors (Lipinski definition) is 6. The summed E-state index contributed by atoms with van der Waals surface area (Å²) in [6.45, 7) is 3.66. The van der Waals surface area contributed by atoms with E-state index in [-0.39, 0.29) is 6.61 Å². The molecule has 0 N–H and O–H groups in total. The first-order valence-corrected chi connectivity index (χ1v) is 6.28. The Bertz CT molecular complexity index is 578. The fourth-order valence-electron chi connectivity index (χ4n) is 1.46. The first-order valence-electron chi connectivity index (χ1n) is 5.51. The van der Waals surface area contributed by atoms with Crippen molar-refractivity contribution in [3.8, 4) is 17.0 Å². The first kappa shape index (κ1) is 13.2. The summed E-state index contributed by atoms with van der Waals surface area (Å²) in [5.41, 5.74) is 1.31. The number of methoxy groups -OCH3 is 1. The topological polar surface area (TPSA) is 61.3 Å². The summed E-state index contributed by atoms with van der Waals surface area (Å²) in [7, 11) is 1.59. The number of aromatic nitrogens is 2. The summed E-state index contributed by atoms with van der Waals surface area (Å²) in [5, 5.41) is 3.97. The van der Waals surface area contributed by atoms with Gasteiger partial charge >= 0.3 is 5.97 Å². The molecule has 1 aromatic heterocycles. The van der Waals surface area contributed by atoms with Crippen molar-refractivity contribution in [3.05, 3.63) is 41.8 Å². The van der Waals surface area contributed by atoms with Crippen LogP contribution in [0.2, 0.25) is 0 Å². The second kappa shape index (κ2) is 6.10. The molecule has 19 heavy (non-hydrogen) atoms. The largest absolute Gasteiger partial charge is 0.497 e. The van der Waals surface area contributed by atoms with E-state index in [2.05, 4.69) is 16.2 Å². The fourth-order valence-corrected chi connectivity index (χ4v) is 2.05. The Morgan fingerprint density at radius 2 is 2.16 bits per heavy atom. The number of hydrogen-bond donors (Lipinski definition) is 0. The summed E-state index contributed by atoms with van der Waals surface area (Å²) in [5.74, 6) is 0.295. The molecule has 1 aromatic carbocycles. The highest BCUT2D eigenvalue weighted by atomic mass is 32.1. The van der Waals surface area contributed by atoms with E-state index in [0.29, 0.717) is 10.6 Å². The molecule has 0 atom stereocenters. The molecule has 0 amide bonds. The molecule has 0 saturated heterocycles. The first-order chi connectivity index (χ1) is 9.26. The van der Waals surface area contributed by atoms with Crippen molar-refractivity contribution in [3.63, 3.8) is 0 Å². The van der Waals surface area contributed by atoms with Crippen LogP contribution in [-0.4, -0.2) is 29.3 Å². The van der Waals surface area contributed by atoms with Gasteiger partial charge in [0.25, 0.3) is 0 Å². The van der Waals surface area contributed by atoms with E-state index < -0.39 is 5.97 Å². The van der Waals surface area contributed by atoms with Crippen LogP contribution >= 0.6 is 11.5 Å². The Kier molecular flexibility index (Phi) is 4.25. The van der Waals surface area contributed by atoms with Gasteiger partial charge in [-0.25, -0.2) is 4.79 Å². The Hall–Kier alpha value is -2.21. The monoisotopic (exact) mass is 276 g/mol. The molecule has 0 saturated carbocycles. The van der Waals surface area contributed by atoms with Gasteiger partial charge in [-0.3, -0.25) is 0 Å². The van der Waals surface area contributed by atoms with Gasteiger partial charge in [0.1, 0.15) is 18.1 Å². The minimum Gasteiger partial charge on any atom is -0.497 e. The van der Waals surface area contributed by atoms with Crippen molar-refractivity contribution in [2.75, 3.05) is 13.7 Å². The normalized spacial score (nSPS) is 9.95. The number of esters is 1. The van der Waals surface area contributed by atoms with Crippen molar-refractivity contribution in [2.45, 2.75) is 0 Å². The highest BCUT2D eigenvalue weighted by Crippen LogP contribution is 2.26. The maximum Gasteiger partial charge on any atom is 0.352 e. The Morgan fingerprint density at radius 3 is 2.79 bits per heavy atom. The number of carbonyl (C=O) groups excluding carboxylic acids is 1. The molecule has 2 aromatic rings. The molecule has 0 bridgehead atoms. The van der Waals surface area contributed by atoms with Crippen LogP contribution in [0.25, 0.3) is 11.3 Å². The van der Waals surface area contributed by atoms with Crippen molar-refractivity contribution < 1.29 is 14.3 Å². The van der Waals surface area contributed by atoms with Crippen LogP contribution in [0, 0.1) is 0 Å². The molecule has 1 heterocycles. The van der Waals surface area contributed by atoms with Gasteiger partial charge < -0.3 is 9.47 Å². The van der Waals surface area contributed by atoms with Gasteiger partial charge in [0, 0.05) is 5.56 Å². The van der Waals surface area contributed by atoms with Gasteiger partial charge in [-0.2, -0.15) is 0 Å². The molecule has 0 unspecified atom stereocenters. The number of benzene rings is 1. The molecule has 0 aliphatic heterocycles. The van der Waals surface area contributed by atoms with Crippen LogP contribution in [0.4, 0.5) is 0 Å². The number of carbonyl (C=O) groups is 1. The maximum absolute atomic E-state index is 11.8. The predicted molar refractivity (Wildman–Crippen MR) is 72.4 cm³/mol. The molecule has 0 radical (unpaired) electrons. The molecule has 5 nitrogen and oxygen atoms in total. The van der Waals surface area contributed by atoms with E-state index in [1.165, 1.54) is 6.08 Å².